The number of piperidine rings is 1. The van der Waals surface area contributed by atoms with Crippen LogP contribution < -0.4 is 0 Å². The zero-order chi connectivity index (χ0) is 11.7. The number of aliphatic hydroxyl groups excluding tert-OH is 1. The van der Waals surface area contributed by atoms with Crippen LogP contribution in [0.3, 0.4) is 0 Å². The van der Waals surface area contributed by atoms with E-state index in [1.807, 2.05) is 6.07 Å². The minimum atomic E-state index is -0.155. The standard InChI is InChI=1S/C13H16N2OS/c16-10-4-3-7-15(8-10)9-13-14-11-5-1-2-6-12(11)17-13/h1-2,5-6,10,16H,3-4,7-9H2/t10-/m0/s1. The Morgan fingerprint density at radius 3 is 3.12 bits per heavy atom. The first kappa shape index (κ1) is 11.1. The third-order valence-electron chi connectivity index (χ3n) is 3.18. The number of benzene rings is 1. The molecule has 1 N–H and O–H groups in total. The van der Waals surface area contributed by atoms with Crippen LogP contribution in [0, 0.1) is 0 Å². The Morgan fingerprint density at radius 2 is 2.29 bits per heavy atom. The first-order valence-corrected chi connectivity index (χ1v) is 6.88. The van der Waals surface area contributed by atoms with Crippen molar-refractivity contribution in [2.24, 2.45) is 0 Å². The summed E-state index contributed by atoms with van der Waals surface area (Å²) in [5.41, 5.74) is 1.09. The van der Waals surface area contributed by atoms with E-state index in [1.165, 1.54) is 4.70 Å². The molecule has 2 aromatic rings. The van der Waals surface area contributed by atoms with Crippen molar-refractivity contribution in [1.29, 1.82) is 0 Å². The first-order valence-electron chi connectivity index (χ1n) is 6.06. The van der Waals surface area contributed by atoms with Gasteiger partial charge in [0.05, 0.1) is 22.9 Å². The van der Waals surface area contributed by atoms with Gasteiger partial charge < -0.3 is 5.11 Å². The second kappa shape index (κ2) is 4.72. The van der Waals surface area contributed by atoms with E-state index in [2.05, 4.69) is 28.1 Å². The molecular weight excluding hydrogens is 232 g/mol. The normalized spacial score (nSPS) is 22.1. The monoisotopic (exact) mass is 248 g/mol. The molecule has 2 heterocycles. The van der Waals surface area contributed by atoms with Crippen molar-refractivity contribution >= 4 is 21.6 Å². The molecular formula is C13H16N2OS. The van der Waals surface area contributed by atoms with Crippen LogP contribution in [0.25, 0.3) is 10.2 Å². The number of likely N-dealkylation sites (tertiary alicyclic amines) is 1. The molecule has 1 saturated heterocycles. The lowest BCUT2D eigenvalue weighted by Crippen LogP contribution is -2.37. The molecule has 0 aliphatic carbocycles. The molecule has 0 unspecified atom stereocenters. The number of β-amino-alcohol motifs (C(OH)–C–C–N with tert-alkyl or cyclic N) is 1. The van der Waals surface area contributed by atoms with Crippen molar-refractivity contribution in [3.8, 4) is 0 Å². The van der Waals surface area contributed by atoms with Gasteiger partial charge in [0.1, 0.15) is 5.01 Å². The van der Waals surface area contributed by atoms with Gasteiger partial charge in [0.15, 0.2) is 0 Å². The van der Waals surface area contributed by atoms with Crippen LogP contribution in [-0.4, -0.2) is 34.2 Å². The van der Waals surface area contributed by atoms with Crippen LogP contribution in [0.4, 0.5) is 0 Å². The molecule has 1 aromatic heterocycles. The predicted molar refractivity (Wildman–Crippen MR) is 70.1 cm³/mol. The summed E-state index contributed by atoms with van der Waals surface area (Å²) < 4.78 is 1.25. The number of thiazole rings is 1. The van der Waals surface area contributed by atoms with Crippen molar-refractivity contribution in [3.05, 3.63) is 29.3 Å². The van der Waals surface area contributed by atoms with Gasteiger partial charge in [0.2, 0.25) is 0 Å². The minimum absolute atomic E-state index is 0.155. The van der Waals surface area contributed by atoms with Crippen molar-refractivity contribution in [2.75, 3.05) is 13.1 Å². The Bertz CT molecular complexity index is 478. The molecule has 0 saturated carbocycles. The SMILES string of the molecule is O[C@H]1CCCN(Cc2nc3ccccc3s2)C1. The van der Waals surface area contributed by atoms with E-state index < -0.39 is 0 Å². The van der Waals surface area contributed by atoms with Crippen LogP contribution in [0.5, 0.6) is 0 Å². The summed E-state index contributed by atoms with van der Waals surface area (Å²) in [6.07, 6.45) is 1.88. The van der Waals surface area contributed by atoms with Gasteiger partial charge in [0.25, 0.3) is 0 Å². The summed E-state index contributed by atoms with van der Waals surface area (Å²) in [5.74, 6) is 0. The maximum Gasteiger partial charge on any atom is 0.108 e. The number of rotatable bonds is 2. The first-order chi connectivity index (χ1) is 8.31. The third kappa shape index (κ3) is 2.49. The van der Waals surface area contributed by atoms with E-state index in [0.717, 1.165) is 43.0 Å². The van der Waals surface area contributed by atoms with Crippen molar-refractivity contribution < 1.29 is 5.11 Å². The lowest BCUT2D eigenvalue weighted by Gasteiger charge is -2.29. The summed E-state index contributed by atoms with van der Waals surface area (Å²) in [5, 5.41) is 10.8. The Hall–Kier alpha value is -0.970. The number of para-hydroxylation sites is 1. The number of hydrogen-bond acceptors (Lipinski definition) is 4. The highest BCUT2D eigenvalue weighted by molar-refractivity contribution is 7.18. The van der Waals surface area contributed by atoms with Gasteiger partial charge in [-0.1, -0.05) is 12.1 Å². The second-order valence-corrected chi connectivity index (χ2v) is 5.72. The molecule has 1 aliphatic heterocycles. The number of hydrogen-bond donors (Lipinski definition) is 1. The Kier molecular flexibility index (Phi) is 3.09. The van der Waals surface area contributed by atoms with E-state index in [0.29, 0.717) is 0 Å². The smallest absolute Gasteiger partial charge is 0.108 e. The summed E-state index contributed by atoms with van der Waals surface area (Å²) >= 11 is 1.76. The van der Waals surface area contributed by atoms with E-state index >= 15 is 0 Å². The molecule has 90 valence electrons. The van der Waals surface area contributed by atoms with Crippen LogP contribution in [-0.2, 0) is 6.54 Å². The number of aromatic nitrogens is 1. The zero-order valence-corrected chi connectivity index (χ0v) is 10.5. The molecule has 17 heavy (non-hydrogen) atoms. The molecule has 1 fully saturated rings. The maximum absolute atomic E-state index is 9.64. The fourth-order valence-electron chi connectivity index (χ4n) is 2.35. The lowest BCUT2D eigenvalue weighted by atomic mass is 10.1. The van der Waals surface area contributed by atoms with Gasteiger partial charge >= 0.3 is 0 Å². The topological polar surface area (TPSA) is 36.4 Å². The zero-order valence-electron chi connectivity index (χ0n) is 9.67. The predicted octanol–water partition coefficient (Wildman–Crippen LogP) is 2.25. The molecule has 1 aliphatic rings. The summed E-state index contributed by atoms with van der Waals surface area (Å²) in [7, 11) is 0. The fraction of sp³-hybridized carbons (Fsp3) is 0.462. The average molecular weight is 248 g/mol. The number of nitrogens with zero attached hydrogens (tertiary/aromatic N) is 2. The molecule has 3 rings (SSSR count). The minimum Gasteiger partial charge on any atom is -0.392 e. The quantitative estimate of drug-likeness (QED) is 0.885. The molecule has 0 bridgehead atoms. The van der Waals surface area contributed by atoms with Gasteiger partial charge in [-0.15, -0.1) is 11.3 Å². The second-order valence-electron chi connectivity index (χ2n) is 4.61. The van der Waals surface area contributed by atoms with E-state index in [4.69, 9.17) is 0 Å². The van der Waals surface area contributed by atoms with E-state index in [9.17, 15) is 5.11 Å². The van der Waals surface area contributed by atoms with Crippen molar-refractivity contribution in [1.82, 2.24) is 9.88 Å². The molecule has 4 heteroatoms. The summed E-state index contributed by atoms with van der Waals surface area (Å²) in [6.45, 7) is 2.74. The summed E-state index contributed by atoms with van der Waals surface area (Å²) in [6, 6.07) is 8.24. The van der Waals surface area contributed by atoms with Crippen LogP contribution in [0.15, 0.2) is 24.3 Å². The third-order valence-corrected chi connectivity index (χ3v) is 4.20. The molecule has 3 nitrogen and oxygen atoms in total. The van der Waals surface area contributed by atoms with Crippen LogP contribution in [0.1, 0.15) is 17.8 Å². The van der Waals surface area contributed by atoms with E-state index in [-0.39, 0.29) is 6.10 Å². The molecule has 0 spiro atoms. The van der Waals surface area contributed by atoms with Crippen molar-refractivity contribution in [2.45, 2.75) is 25.5 Å². The molecule has 1 aromatic carbocycles. The molecule has 0 radical (unpaired) electrons. The van der Waals surface area contributed by atoms with Crippen LogP contribution >= 0.6 is 11.3 Å². The summed E-state index contributed by atoms with van der Waals surface area (Å²) in [4.78, 5) is 6.92. The van der Waals surface area contributed by atoms with Gasteiger partial charge in [-0.2, -0.15) is 0 Å². The van der Waals surface area contributed by atoms with Gasteiger partial charge in [-0.25, -0.2) is 4.98 Å². The van der Waals surface area contributed by atoms with Gasteiger partial charge in [-0.05, 0) is 31.5 Å². The number of fused-ring (bicyclic) bond motifs is 1. The highest BCUT2D eigenvalue weighted by Crippen LogP contribution is 2.23. The van der Waals surface area contributed by atoms with Crippen molar-refractivity contribution in [3.63, 3.8) is 0 Å². The van der Waals surface area contributed by atoms with E-state index in [1.54, 1.807) is 11.3 Å². The highest BCUT2D eigenvalue weighted by Gasteiger charge is 2.18. The average Bonchev–Trinajstić information content (AvgIpc) is 2.71. The Balaban J connectivity index is 1.75. The fourth-order valence-corrected chi connectivity index (χ4v) is 3.36. The van der Waals surface area contributed by atoms with Gasteiger partial charge in [0, 0.05) is 6.54 Å². The Morgan fingerprint density at radius 1 is 1.41 bits per heavy atom. The molecule has 0 amide bonds. The van der Waals surface area contributed by atoms with Gasteiger partial charge in [-0.3, -0.25) is 4.90 Å². The van der Waals surface area contributed by atoms with Crippen LogP contribution in [0.2, 0.25) is 0 Å². The Labute approximate surface area is 105 Å². The maximum atomic E-state index is 9.64. The molecule has 1 atom stereocenters. The largest absolute Gasteiger partial charge is 0.392 e. The highest BCUT2D eigenvalue weighted by atomic mass is 32.1. The lowest BCUT2D eigenvalue weighted by molar-refractivity contribution is 0.0668. The number of aliphatic hydroxyl groups is 1.